The fourth-order valence-electron chi connectivity index (χ4n) is 2.13. The molecule has 0 radical (unpaired) electrons. The van der Waals surface area contributed by atoms with Gasteiger partial charge in [0.05, 0.1) is 12.0 Å². The normalized spacial score (nSPS) is 10.5. The number of hydrogen-bond donors (Lipinski definition) is 2. The zero-order valence-corrected chi connectivity index (χ0v) is 13.1. The molecule has 24 heavy (non-hydrogen) atoms. The van der Waals surface area contributed by atoms with E-state index in [-0.39, 0.29) is 11.7 Å². The second kappa shape index (κ2) is 6.82. The van der Waals surface area contributed by atoms with Crippen molar-refractivity contribution >= 4 is 11.7 Å². The van der Waals surface area contributed by atoms with Gasteiger partial charge in [0.2, 0.25) is 0 Å². The van der Waals surface area contributed by atoms with Gasteiger partial charge in [0.15, 0.2) is 0 Å². The van der Waals surface area contributed by atoms with Crippen molar-refractivity contribution in [2.75, 3.05) is 11.9 Å². The maximum Gasteiger partial charge on any atom is 0.350 e. The van der Waals surface area contributed by atoms with Crippen LogP contribution in [0.25, 0.3) is 5.69 Å². The minimum atomic E-state index is -0.294. The summed E-state index contributed by atoms with van der Waals surface area (Å²) in [6, 6.07) is 6.57. The maximum atomic E-state index is 11.8. The molecule has 0 spiro atoms. The molecule has 3 rings (SSSR count). The molecule has 3 aromatic rings. The first kappa shape index (κ1) is 15.5. The largest absolute Gasteiger partial charge is 0.350 e. The van der Waals surface area contributed by atoms with Crippen LogP contribution in [-0.4, -0.2) is 36.5 Å². The lowest BCUT2D eigenvalue weighted by Crippen LogP contribution is -2.31. The van der Waals surface area contributed by atoms with Gasteiger partial charge in [-0.1, -0.05) is 0 Å². The molecule has 1 aromatic carbocycles. The molecular formula is C15H17N7O2. The van der Waals surface area contributed by atoms with Crippen LogP contribution in [0, 0.1) is 0 Å². The van der Waals surface area contributed by atoms with Crippen LogP contribution in [0.1, 0.15) is 0 Å². The summed E-state index contributed by atoms with van der Waals surface area (Å²) in [5.74, 6) is 0. The molecule has 9 nitrogen and oxygen atoms in total. The average molecular weight is 327 g/mol. The van der Waals surface area contributed by atoms with E-state index in [2.05, 4.69) is 20.7 Å². The Hall–Kier alpha value is -3.36. The second-order valence-corrected chi connectivity index (χ2v) is 5.16. The van der Waals surface area contributed by atoms with Crippen molar-refractivity contribution in [2.45, 2.75) is 6.54 Å². The summed E-state index contributed by atoms with van der Waals surface area (Å²) in [5, 5.41) is 9.49. The van der Waals surface area contributed by atoms with Crippen LogP contribution in [0.5, 0.6) is 0 Å². The molecule has 0 unspecified atom stereocenters. The van der Waals surface area contributed by atoms with Gasteiger partial charge in [-0.2, -0.15) is 9.78 Å². The van der Waals surface area contributed by atoms with E-state index in [0.29, 0.717) is 24.5 Å². The molecule has 124 valence electrons. The summed E-state index contributed by atoms with van der Waals surface area (Å²) in [6.45, 7) is 1.14. The monoisotopic (exact) mass is 327 g/mol. The van der Waals surface area contributed by atoms with Gasteiger partial charge < -0.3 is 15.2 Å². The number of rotatable bonds is 5. The highest BCUT2D eigenvalue weighted by molar-refractivity contribution is 5.89. The fourth-order valence-corrected chi connectivity index (χ4v) is 2.13. The van der Waals surface area contributed by atoms with Crippen molar-refractivity contribution < 1.29 is 4.79 Å². The average Bonchev–Trinajstić information content (AvgIpc) is 3.20. The third kappa shape index (κ3) is 3.51. The molecule has 0 aliphatic heterocycles. The summed E-state index contributed by atoms with van der Waals surface area (Å²) in [7, 11) is 1.63. The summed E-state index contributed by atoms with van der Waals surface area (Å²) < 4.78 is 4.55. The lowest BCUT2D eigenvalue weighted by Gasteiger charge is -2.08. The van der Waals surface area contributed by atoms with E-state index in [0.717, 1.165) is 0 Å². The Morgan fingerprint density at radius 2 is 2.00 bits per heavy atom. The number of nitrogens with one attached hydrogen (secondary N) is 2. The number of aryl methyl sites for hydroxylation is 1. The Balaban J connectivity index is 1.55. The van der Waals surface area contributed by atoms with Crippen molar-refractivity contribution in [3.8, 4) is 5.69 Å². The van der Waals surface area contributed by atoms with Crippen molar-refractivity contribution in [1.29, 1.82) is 0 Å². The summed E-state index contributed by atoms with van der Waals surface area (Å²) >= 11 is 0. The Bertz CT molecular complexity index is 862. The topological polar surface area (TPSA) is 98.8 Å². The highest BCUT2D eigenvalue weighted by Gasteiger charge is 2.05. The minimum Gasteiger partial charge on any atom is -0.336 e. The number of urea groups is 1. The molecule has 2 aromatic heterocycles. The summed E-state index contributed by atoms with van der Waals surface area (Å²) in [6.07, 6.45) is 6.66. The van der Waals surface area contributed by atoms with Gasteiger partial charge in [-0.15, -0.1) is 0 Å². The molecule has 0 fully saturated rings. The molecule has 0 bridgehead atoms. The Kier molecular flexibility index (Phi) is 4.41. The van der Waals surface area contributed by atoms with E-state index in [1.54, 1.807) is 43.8 Å². The van der Waals surface area contributed by atoms with Crippen molar-refractivity contribution in [2.24, 2.45) is 7.05 Å². The first-order chi connectivity index (χ1) is 11.6. The predicted octanol–water partition coefficient (Wildman–Crippen LogP) is 0.589. The Morgan fingerprint density at radius 3 is 2.62 bits per heavy atom. The highest BCUT2D eigenvalue weighted by atomic mass is 16.2. The Labute approximate surface area is 137 Å². The smallest absolute Gasteiger partial charge is 0.336 e. The first-order valence-corrected chi connectivity index (χ1v) is 7.35. The zero-order valence-electron chi connectivity index (χ0n) is 13.1. The van der Waals surface area contributed by atoms with Crippen LogP contribution < -0.4 is 16.3 Å². The number of nitrogens with zero attached hydrogens (tertiary/aromatic N) is 5. The highest BCUT2D eigenvalue weighted by Crippen LogP contribution is 2.11. The molecule has 2 N–H and O–H groups in total. The maximum absolute atomic E-state index is 11.8. The number of carbonyl (C=O) groups excluding carboxylic acids is 1. The molecular weight excluding hydrogens is 310 g/mol. The quantitative estimate of drug-likeness (QED) is 0.716. The molecule has 0 aliphatic rings. The SMILES string of the molecule is Cn1cnn(-c2ccc(NC(=O)NCCn3ccnc3)cc2)c1=O. The van der Waals surface area contributed by atoms with Crippen LogP contribution in [0.2, 0.25) is 0 Å². The Morgan fingerprint density at radius 1 is 1.21 bits per heavy atom. The third-order valence-electron chi connectivity index (χ3n) is 3.41. The number of carbonyl (C=O) groups is 1. The lowest BCUT2D eigenvalue weighted by molar-refractivity contribution is 0.251. The third-order valence-corrected chi connectivity index (χ3v) is 3.41. The molecule has 0 saturated heterocycles. The predicted molar refractivity (Wildman–Crippen MR) is 88.1 cm³/mol. The van der Waals surface area contributed by atoms with Crippen LogP contribution in [0.4, 0.5) is 10.5 Å². The number of benzene rings is 1. The molecule has 2 heterocycles. The minimum absolute atomic E-state index is 0.229. The van der Waals surface area contributed by atoms with E-state index >= 15 is 0 Å². The molecule has 0 saturated carbocycles. The van der Waals surface area contributed by atoms with Gasteiger partial charge in [-0.25, -0.2) is 14.6 Å². The van der Waals surface area contributed by atoms with Gasteiger partial charge in [0.25, 0.3) is 0 Å². The van der Waals surface area contributed by atoms with Gasteiger partial charge in [-0.05, 0) is 24.3 Å². The van der Waals surface area contributed by atoms with Gasteiger partial charge >= 0.3 is 11.7 Å². The number of amides is 2. The van der Waals surface area contributed by atoms with Gasteiger partial charge in [0, 0.05) is 38.2 Å². The number of hydrogen-bond acceptors (Lipinski definition) is 4. The van der Waals surface area contributed by atoms with Crippen LogP contribution >= 0.6 is 0 Å². The molecule has 9 heteroatoms. The number of anilines is 1. The van der Waals surface area contributed by atoms with Crippen molar-refractivity contribution in [1.82, 2.24) is 29.2 Å². The van der Waals surface area contributed by atoms with E-state index < -0.39 is 0 Å². The van der Waals surface area contributed by atoms with Crippen LogP contribution in [0.3, 0.4) is 0 Å². The van der Waals surface area contributed by atoms with E-state index in [1.807, 2.05) is 10.8 Å². The first-order valence-electron chi connectivity index (χ1n) is 7.35. The van der Waals surface area contributed by atoms with Crippen LogP contribution in [-0.2, 0) is 13.6 Å². The van der Waals surface area contributed by atoms with Crippen LogP contribution in [0.15, 0.2) is 54.1 Å². The summed E-state index contributed by atoms with van der Waals surface area (Å²) in [4.78, 5) is 27.6. The lowest BCUT2D eigenvalue weighted by atomic mass is 10.3. The van der Waals surface area contributed by atoms with Crippen molar-refractivity contribution in [3.63, 3.8) is 0 Å². The number of imidazole rings is 1. The number of aromatic nitrogens is 5. The van der Waals surface area contributed by atoms with E-state index in [9.17, 15) is 9.59 Å². The van der Waals surface area contributed by atoms with Crippen molar-refractivity contribution in [3.05, 3.63) is 59.8 Å². The standard InChI is InChI=1S/C15H17N7O2/c1-20-11-18-22(15(20)24)13-4-2-12(3-5-13)19-14(23)17-7-9-21-8-6-16-10-21/h2-6,8,10-11H,7,9H2,1H3,(H2,17,19,23). The summed E-state index contributed by atoms with van der Waals surface area (Å²) in [5.41, 5.74) is 1.03. The molecule has 0 aliphatic carbocycles. The fraction of sp³-hybridized carbons (Fsp3) is 0.200. The second-order valence-electron chi connectivity index (χ2n) is 5.16. The molecule has 2 amide bonds. The van der Waals surface area contributed by atoms with Gasteiger partial charge in [0.1, 0.15) is 6.33 Å². The zero-order chi connectivity index (χ0) is 16.9. The van der Waals surface area contributed by atoms with Gasteiger partial charge in [-0.3, -0.25) is 4.57 Å². The van der Waals surface area contributed by atoms with E-state index in [1.165, 1.54) is 15.6 Å². The molecule has 0 atom stereocenters. The van der Waals surface area contributed by atoms with E-state index in [4.69, 9.17) is 0 Å².